The Balaban J connectivity index is 1.64. The van der Waals surface area contributed by atoms with Crippen LogP contribution in [0.1, 0.15) is 31.4 Å². The molecule has 1 fully saturated rings. The molecule has 9 heteroatoms. The molecule has 6 rings (SSSR count). The molecule has 32 heavy (non-hydrogen) atoms. The van der Waals surface area contributed by atoms with Crippen LogP contribution in [0, 0.1) is 5.92 Å². The van der Waals surface area contributed by atoms with Crippen molar-refractivity contribution in [1.82, 2.24) is 24.7 Å². The van der Waals surface area contributed by atoms with Crippen molar-refractivity contribution in [2.45, 2.75) is 38.8 Å². The van der Waals surface area contributed by atoms with E-state index in [9.17, 15) is 8.78 Å². The van der Waals surface area contributed by atoms with E-state index >= 15 is 0 Å². The van der Waals surface area contributed by atoms with Gasteiger partial charge in [-0.15, -0.1) is 0 Å². The number of alkyl halides is 2. The second kappa shape index (κ2) is 7.29. The third-order valence-electron chi connectivity index (χ3n) is 5.95. The van der Waals surface area contributed by atoms with Crippen molar-refractivity contribution in [3.63, 3.8) is 0 Å². The molecule has 4 aromatic rings. The fourth-order valence-corrected chi connectivity index (χ4v) is 4.43. The lowest BCUT2D eigenvalue weighted by molar-refractivity contribution is -0.0524. The van der Waals surface area contributed by atoms with Gasteiger partial charge in [0.1, 0.15) is 5.65 Å². The van der Waals surface area contributed by atoms with Crippen LogP contribution in [-0.2, 0) is 6.54 Å². The molecule has 2 aliphatic rings. The molecule has 4 aromatic heterocycles. The van der Waals surface area contributed by atoms with Gasteiger partial charge in [0.25, 0.3) is 0 Å². The normalized spacial score (nSPS) is 18.1. The molecule has 1 unspecified atom stereocenters. The molecule has 1 aliphatic heterocycles. The summed E-state index contributed by atoms with van der Waals surface area (Å²) in [7, 11) is 0. The molecular weight excluding hydrogens is 416 g/mol. The molecule has 0 amide bonds. The summed E-state index contributed by atoms with van der Waals surface area (Å²) >= 11 is 0. The Morgan fingerprint density at radius 2 is 1.97 bits per heavy atom. The first-order valence-electron chi connectivity index (χ1n) is 10.7. The van der Waals surface area contributed by atoms with Gasteiger partial charge in [0.15, 0.2) is 0 Å². The van der Waals surface area contributed by atoms with Gasteiger partial charge >= 0.3 is 6.61 Å². The van der Waals surface area contributed by atoms with Gasteiger partial charge < -0.3 is 14.5 Å². The molecule has 1 saturated carbocycles. The highest BCUT2D eigenvalue weighted by Gasteiger charge is 2.37. The Morgan fingerprint density at radius 1 is 1.16 bits per heavy atom. The molecule has 0 saturated heterocycles. The standard InChI is InChI=1S/C23H21F2N5O2/c1-12-10-30-22(31-11-12)17(18(29-30)13-6-7-13)19-16(14-4-2-8-26-20(14)28-19)15-5-3-9-27-21(15)32-23(24)25/h2-5,8-9,12-13,23H,6-7,10-11H2,1H3,(H,26,28). The summed E-state index contributed by atoms with van der Waals surface area (Å²) in [5, 5.41) is 5.69. The van der Waals surface area contributed by atoms with Gasteiger partial charge in [-0.3, -0.25) is 0 Å². The summed E-state index contributed by atoms with van der Waals surface area (Å²) < 4.78 is 39.2. The fraction of sp³-hybridized carbons (Fsp3) is 0.348. The van der Waals surface area contributed by atoms with Crippen molar-refractivity contribution in [3.8, 4) is 34.1 Å². The molecule has 164 valence electrons. The molecule has 1 N–H and O–H groups in total. The quantitative estimate of drug-likeness (QED) is 0.476. The number of ether oxygens (including phenoxy) is 2. The van der Waals surface area contributed by atoms with E-state index in [1.165, 1.54) is 6.20 Å². The van der Waals surface area contributed by atoms with E-state index in [2.05, 4.69) is 21.9 Å². The van der Waals surface area contributed by atoms with Crippen LogP contribution in [0.25, 0.3) is 33.4 Å². The number of fused-ring (bicyclic) bond motifs is 2. The Hall–Kier alpha value is -3.49. The minimum absolute atomic E-state index is 0.128. The van der Waals surface area contributed by atoms with Gasteiger partial charge in [0, 0.05) is 40.7 Å². The summed E-state index contributed by atoms with van der Waals surface area (Å²) in [4.78, 5) is 12.0. The SMILES string of the molecule is CC1COc2c(-c3[nH]c4ncccc4c3-c3cccnc3OC(F)F)c(C3CC3)nn2C1. The number of hydrogen-bond donors (Lipinski definition) is 1. The highest BCUT2D eigenvalue weighted by molar-refractivity contribution is 6.04. The minimum atomic E-state index is -2.98. The minimum Gasteiger partial charge on any atom is -0.477 e. The predicted molar refractivity (Wildman–Crippen MR) is 114 cm³/mol. The molecule has 1 aliphatic carbocycles. The van der Waals surface area contributed by atoms with Gasteiger partial charge in [-0.1, -0.05) is 6.92 Å². The largest absolute Gasteiger partial charge is 0.477 e. The Bertz CT molecular complexity index is 1310. The third-order valence-corrected chi connectivity index (χ3v) is 5.95. The van der Waals surface area contributed by atoms with E-state index in [1.807, 2.05) is 16.8 Å². The maximum absolute atomic E-state index is 13.2. The molecule has 0 aromatic carbocycles. The average molecular weight is 437 g/mol. The second-order valence-electron chi connectivity index (χ2n) is 8.45. The van der Waals surface area contributed by atoms with Crippen LogP contribution >= 0.6 is 0 Å². The van der Waals surface area contributed by atoms with Crippen LogP contribution in [0.5, 0.6) is 11.8 Å². The number of nitrogens with zero attached hydrogens (tertiary/aromatic N) is 4. The van der Waals surface area contributed by atoms with Crippen LogP contribution in [0.4, 0.5) is 8.78 Å². The van der Waals surface area contributed by atoms with Gasteiger partial charge in [-0.25, -0.2) is 14.6 Å². The first-order valence-corrected chi connectivity index (χ1v) is 10.7. The van der Waals surface area contributed by atoms with Crippen molar-refractivity contribution in [1.29, 1.82) is 0 Å². The number of pyridine rings is 2. The lowest BCUT2D eigenvalue weighted by Crippen LogP contribution is -2.23. The van der Waals surface area contributed by atoms with E-state index in [0.717, 1.165) is 41.7 Å². The van der Waals surface area contributed by atoms with E-state index in [-0.39, 0.29) is 5.88 Å². The van der Waals surface area contributed by atoms with Crippen LogP contribution in [0.3, 0.4) is 0 Å². The summed E-state index contributed by atoms with van der Waals surface area (Å²) in [5.74, 6) is 1.30. The zero-order valence-electron chi connectivity index (χ0n) is 17.4. The Labute approximate surface area is 182 Å². The zero-order chi connectivity index (χ0) is 21.8. The number of aromatic nitrogens is 5. The first kappa shape index (κ1) is 19.2. The number of hydrogen-bond acceptors (Lipinski definition) is 5. The van der Waals surface area contributed by atoms with E-state index in [4.69, 9.17) is 14.6 Å². The van der Waals surface area contributed by atoms with Crippen molar-refractivity contribution < 1.29 is 18.3 Å². The van der Waals surface area contributed by atoms with Gasteiger partial charge in [-0.05, 0) is 37.1 Å². The number of nitrogens with one attached hydrogen (secondary N) is 1. The molecule has 0 bridgehead atoms. The Kier molecular flexibility index (Phi) is 4.38. The topological polar surface area (TPSA) is 77.8 Å². The monoisotopic (exact) mass is 437 g/mol. The highest BCUT2D eigenvalue weighted by atomic mass is 19.3. The number of rotatable bonds is 5. The number of halogens is 2. The van der Waals surface area contributed by atoms with E-state index in [0.29, 0.717) is 41.1 Å². The lowest BCUT2D eigenvalue weighted by Gasteiger charge is -2.21. The molecule has 0 spiro atoms. The first-order chi connectivity index (χ1) is 15.6. The maximum Gasteiger partial charge on any atom is 0.388 e. The van der Waals surface area contributed by atoms with Crippen molar-refractivity contribution in [2.75, 3.05) is 6.61 Å². The molecule has 1 atom stereocenters. The van der Waals surface area contributed by atoms with Gasteiger partial charge in [-0.2, -0.15) is 13.9 Å². The van der Waals surface area contributed by atoms with Gasteiger partial charge in [0.2, 0.25) is 11.8 Å². The fourth-order valence-electron chi connectivity index (χ4n) is 4.43. The van der Waals surface area contributed by atoms with E-state index < -0.39 is 6.61 Å². The van der Waals surface area contributed by atoms with Crippen molar-refractivity contribution >= 4 is 11.0 Å². The molecular formula is C23H21F2N5O2. The van der Waals surface area contributed by atoms with Crippen LogP contribution < -0.4 is 9.47 Å². The highest BCUT2D eigenvalue weighted by Crippen LogP contribution is 2.51. The zero-order valence-corrected chi connectivity index (χ0v) is 17.4. The van der Waals surface area contributed by atoms with Crippen molar-refractivity contribution in [3.05, 3.63) is 42.4 Å². The average Bonchev–Trinajstić information content (AvgIpc) is 3.46. The Morgan fingerprint density at radius 3 is 2.78 bits per heavy atom. The lowest BCUT2D eigenvalue weighted by atomic mass is 9.98. The smallest absolute Gasteiger partial charge is 0.388 e. The molecule has 0 radical (unpaired) electrons. The predicted octanol–water partition coefficient (Wildman–Crippen LogP) is 5.00. The number of H-pyrrole nitrogens is 1. The summed E-state index contributed by atoms with van der Waals surface area (Å²) in [5.41, 5.74) is 4.41. The third kappa shape index (κ3) is 3.11. The van der Waals surface area contributed by atoms with E-state index in [1.54, 1.807) is 18.3 Å². The van der Waals surface area contributed by atoms with Crippen LogP contribution in [-0.4, -0.2) is 38.0 Å². The van der Waals surface area contributed by atoms with Crippen LogP contribution in [0.15, 0.2) is 36.7 Å². The molecule has 7 nitrogen and oxygen atoms in total. The molecule has 5 heterocycles. The number of aromatic amines is 1. The maximum atomic E-state index is 13.2. The van der Waals surface area contributed by atoms with Gasteiger partial charge in [0.05, 0.1) is 30.1 Å². The summed E-state index contributed by atoms with van der Waals surface area (Å²) in [6, 6.07) is 7.17. The van der Waals surface area contributed by atoms with Crippen molar-refractivity contribution in [2.24, 2.45) is 5.92 Å². The summed E-state index contributed by atoms with van der Waals surface area (Å²) in [6.07, 6.45) is 5.27. The second-order valence-corrected chi connectivity index (χ2v) is 8.45. The van der Waals surface area contributed by atoms with Crippen LogP contribution in [0.2, 0.25) is 0 Å². The summed E-state index contributed by atoms with van der Waals surface area (Å²) in [6.45, 7) is 0.521.